The van der Waals surface area contributed by atoms with E-state index >= 15 is 0 Å². The van der Waals surface area contributed by atoms with Crippen molar-refractivity contribution in [1.82, 2.24) is 14.9 Å². The molecule has 0 aromatic carbocycles. The zero-order valence-corrected chi connectivity index (χ0v) is 7.77. The summed E-state index contributed by atoms with van der Waals surface area (Å²) < 4.78 is 1.85. The highest BCUT2D eigenvalue weighted by Gasteiger charge is 2.00. The number of nitrogens with one attached hydrogen (secondary N) is 1. The minimum atomic E-state index is 0.587. The Hall–Kier alpha value is -1.79. The second kappa shape index (κ2) is 3.95. The Morgan fingerprint density at radius 1 is 1.50 bits per heavy atom. The van der Waals surface area contributed by atoms with Crippen molar-refractivity contribution < 1.29 is 0 Å². The van der Waals surface area contributed by atoms with Gasteiger partial charge < -0.3 is 5.32 Å². The molecule has 0 saturated heterocycles. The fraction of sp³-hybridized carbons (Fsp3) is 0.182. The summed E-state index contributed by atoms with van der Waals surface area (Å²) in [7, 11) is 0. The highest BCUT2D eigenvalue weighted by atomic mass is 15.2. The van der Waals surface area contributed by atoms with Crippen molar-refractivity contribution in [2.75, 3.05) is 6.54 Å². The van der Waals surface area contributed by atoms with Crippen LogP contribution in [0, 0.1) is 12.3 Å². The van der Waals surface area contributed by atoms with Crippen molar-refractivity contribution >= 4 is 5.52 Å². The van der Waals surface area contributed by atoms with Crippen molar-refractivity contribution in [2.45, 2.75) is 6.54 Å². The van der Waals surface area contributed by atoms with Crippen molar-refractivity contribution in [1.29, 1.82) is 0 Å². The number of fused-ring (bicyclic) bond motifs is 1. The molecule has 0 aliphatic rings. The molecule has 0 fully saturated rings. The van der Waals surface area contributed by atoms with Crippen LogP contribution in [-0.4, -0.2) is 16.2 Å². The van der Waals surface area contributed by atoms with Crippen LogP contribution in [-0.2, 0) is 6.54 Å². The van der Waals surface area contributed by atoms with E-state index in [0.29, 0.717) is 6.54 Å². The monoisotopic (exact) mass is 185 g/mol. The molecule has 2 aromatic heterocycles. The number of rotatable bonds is 3. The van der Waals surface area contributed by atoms with Gasteiger partial charge in [0.25, 0.3) is 0 Å². The first-order chi connectivity index (χ1) is 6.92. The van der Waals surface area contributed by atoms with Crippen LogP contribution in [0.1, 0.15) is 5.56 Å². The van der Waals surface area contributed by atoms with Crippen LogP contribution >= 0.6 is 0 Å². The molecule has 2 heterocycles. The first-order valence-electron chi connectivity index (χ1n) is 4.47. The van der Waals surface area contributed by atoms with E-state index in [1.807, 2.05) is 35.1 Å². The number of aromatic nitrogens is 2. The molecule has 0 atom stereocenters. The number of terminal acetylenes is 1. The van der Waals surface area contributed by atoms with Crippen LogP contribution in [0.25, 0.3) is 5.52 Å². The SMILES string of the molecule is C#CCNCc1cnn2ccccc12. The summed E-state index contributed by atoms with van der Waals surface area (Å²) in [6, 6.07) is 6.00. The number of hydrogen-bond donors (Lipinski definition) is 1. The molecule has 70 valence electrons. The molecule has 0 aliphatic carbocycles. The van der Waals surface area contributed by atoms with E-state index in [2.05, 4.69) is 16.3 Å². The topological polar surface area (TPSA) is 29.3 Å². The molecular weight excluding hydrogens is 174 g/mol. The summed E-state index contributed by atoms with van der Waals surface area (Å²) >= 11 is 0. The van der Waals surface area contributed by atoms with Crippen LogP contribution in [0.15, 0.2) is 30.6 Å². The minimum absolute atomic E-state index is 0.587. The Morgan fingerprint density at radius 3 is 3.29 bits per heavy atom. The van der Waals surface area contributed by atoms with Crippen LogP contribution < -0.4 is 5.32 Å². The second-order valence-corrected chi connectivity index (χ2v) is 3.01. The zero-order valence-electron chi connectivity index (χ0n) is 7.77. The first-order valence-corrected chi connectivity index (χ1v) is 4.47. The van der Waals surface area contributed by atoms with Gasteiger partial charge in [-0.15, -0.1) is 6.42 Å². The third-order valence-electron chi connectivity index (χ3n) is 2.05. The van der Waals surface area contributed by atoms with Crippen molar-refractivity contribution in [3.63, 3.8) is 0 Å². The Labute approximate surface area is 82.7 Å². The standard InChI is InChI=1S/C11H11N3/c1-2-6-12-8-10-9-13-14-7-4-3-5-11(10)14/h1,3-5,7,9,12H,6,8H2. The Kier molecular flexibility index (Phi) is 2.48. The van der Waals surface area contributed by atoms with Crippen molar-refractivity contribution in [3.8, 4) is 12.3 Å². The molecule has 0 unspecified atom stereocenters. The molecule has 0 radical (unpaired) electrons. The van der Waals surface area contributed by atoms with Gasteiger partial charge in [-0.05, 0) is 12.1 Å². The van der Waals surface area contributed by atoms with E-state index in [0.717, 1.165) is 12.1 Å². The van der Waals surface area contributed by atoms with Crippen LogP contribution in [0.2, 0.25) is 0 Å². The quantitative estimate of drug-likeness (QED) is 0.572. The fourth-order valence-electron chi connectivity index (χ4n) is 1.39. The van der Waals surface area contributed by atoms with Gasteiger partial charge in [0.2, 0.25) is 0 Å². The van der Waals surface area contributed by atoms with E-state index in [1.54, 1.807) is 0 Å². The highest BCUT2D eigenvalue weighted by molar-refractivity contribution is 5.53. The van der Waals surface area contributed by atoms with Gasteiger partial charge >= 0.3 is 0 Å². The van der Waals surface area contributed by atoms with Crippen molar-refractivity contribution in [2.24, 2.45) is 0 Å². The Morgan fingerprint density at radius 2 is 2.43 bits per heavy atom. The molecule has 1 N–H and O–H groups in total. The molecule has 2 aromatic rings. The summed E-state index contributed by atoms with van der Waals surface area (Å²) in [4.78, 5) is 0. The Balaban J connectivity index is 2.22. The van der Waals surface area contributed by atoms with Gasteiger partial charge in [0.05, 0.1) is 18.3 Å². The molecule has 0 amide bonds. The van der Waals surface area contributed by atoms with Gasteiger partial charge in [0.15, 0.2) is 0 Å². The maximum absolute atomic E-state index is 5.15. The number of hydrogen-bond acceptors (Lipinski definition) is 2. The van der Waals surface area contributed by atoms with Crippen molar-refractivity contribution in [3.05, 3.63) is 36.2 Å². The Bertz CT molecular complexity index is 465. The fourth-order valence-corrected chi connectivity index (χ4v) is 1.39. The van der Waals surface area contributed by atoms with Crippen LogP contribution in [0.3, 0.4) is 0 Å². The van der Waals surface area contributed by atoms with Gasteiger partial charge in [-0.3, -0.25) is 0 Å². The van der Waals surface area contributed by atoms with E-state index in [4.69, 9.17) is 6.42 Å². The molecule has 0 saturated carbocycles. The average Bonchev–Trinajstić information content (AvgIpc) is 2.63. The summed E-state index contributed by atoms with van der Waals surface area (Å²) in [5, 5.41) is 7.36. The molecule has 0 spiro atoms. The lowest BCUT2D eigenvalue weighted by atomic mass is 10.2. The van der Waals surface area contributed by atoms with Gasteiger partial charge in [-0.25, -0.2) is 4.52 Å². The molecular formula is C11H11N3. The molecule has 0 bridgehead atoms. The lowest BCUT2D eigenvalue weighted by Crippen LogP contribution is -2.12. The van der Waals surface area contributed by atoms with E-state index in [-0.39, 0.29) is 0 Å². The van der Waals surface area contributed by atoms with E-state index < -0.39 is 0 Å². The lowest BCUT2D eigenvalue weighted by Gasteiger charge is -1.98. The zero-order chi connectivity index (χ0) is 9.80. The molecule has 14 heavy (non-hydrogen) atoms. The van der Waals surface area contributed by atoms with Crippen LogP contribution in [0.4, 0.5) is 0 Å². The summed E-state index contributed by atoms with van der Waals surface area (Å²) in [6.07, 6.45) is 8.94. The third-order valence-corrected chi connectivity index (χ3v) is 2.05. The molecule has 3 heteroatoms. The predicted octanol–water partition coefficient (Wildman–Crippen LogP) is 1.06. The first kappa shape index (κ1) is 8.79. The summed E-state index contributed by atoms with van der Waals surface area (Å²) in [5.74, 6) is 2.54. The largest absolute Gasteiger partial charge is 0.302 e. The predicted molar refractivity (Wildman–Crippen MR) is 55.7 cm³/mol. The third kappa shape index (κ3) is 1.61. The second-order valence-electron chi connectivity index (χ2n) is 3.01. The normalized spacial score (nSPS) is 10.2. The minimum Gasteiger partial charge on any atom is -0.302 e. The average molecular weight is 185 g/mol. The van der Waals surface area contributed by atoms with Gasteiger partial charge in [0.1, 0.15) is 0 Å². The number of pyridine rings is 1. The highest BCUT2D eigenvalue weighted by Crippen LogP contribution is 2.08. The molecule has 2 rings (SSSR count). The van der Waals surface area contributed by atoms with Gasteiger partial charge in [0, 0.05) is 18.3 Å². The van der Waals surface area contributed by atoms with Crippen LogP contribution in [0.5, 0.6) is 0 Å². The summed E-state index contributed by atoms with van der Waals surface area (Å²) in [6.45, 7) is 1.35. The molecule has 0 aliphatic heterocycles. The summed E-state index contributed by atoms with van der Waals surface area (Å²) in [5.41, 5.74) is 2.29. The van der Waals surface area contributed by atoms with E-state index in [1.165, 1.54) is 5.56 Å². The lowest BCUT2D eigenvalue weighted by molar-refractivity contribution is 0.774. The maximum Gasteiger partial charge on any atom is 0.0706 e. The number of nitrogens with zero attached hydrogens (tertiary/aromatic N) is 2. The molecule has 3 nitrogen and oxygen atoms in total. The van der Waals surface area contributed by atoms with Gasteiger partial charge in [-0.2, -0.15) is 5.10 Å². The van der Waals surface area contributed by atoms with Gasteiger partial charge in [-0.1, -0.05) is 12.0 Å². The maximum atomic E-state index is 5.15. The van der Waals surface area contributed by atoms with E-state index in [9.17, 15) is 0 Å². The smallest absolute Gasteiger partial charge is 0.0706 e.